The monoisotopic (exact) mass is 292 g/mol. The summed E-state index contributed by atoms with van der Waals surface area (Å²) in [5, 5.41) is 0. The van der Waals surface area contributed by atoms with Gasteiger partial charge in [0, 0.05) is 18.0 Å². The Bertz CT molecular complexity index is 874. The number of aromatic amines is 1. The molecule has 2 aromatic heterocycles. The summed E-state index contributed by atoms with van der Waals surface area (Å²) >= 11 is 0. The first-order chi connectivity index (χ1) is 9.84. The molecule has 2 heterocycles. The Kier molecular flexibility index (Phi) is 2.90. The summed E-state index contributed by atoms with van der Waals surface area (Å²) in [6, 6.07) is 6.59. The van der Waals surface area contributed by atoms with Crippen LogP contribution < -0.4 is 5.56 Å². The van der Waals surface area contributed by atoms with Crippen LogP contribution in [-0.4, -0.2) is 9.38 Å². The van der Waals surface area contributed by atoms with Crippen LogP contribution in [0.25, 0.3) is 16.8 Å². The predicted octanol–water partition coefficient (Wildman–Crippen LogP) is 3.62. The summed E-state index contributed by atoms with van der Waals surface area (Å²) in [4.78, 5) is 14.6. The SMILES string of the molecule is Cc1cc2c(=O)[nH]c(-c3cccc(C(F)(F)F)c3)cn2c1. The standard InChI is InChI=1S/C15H11F3N2O/c1-9-5-13-14(21)19-12(8-20(13)7-9)10-3-2-4-11(6-10)15(16,17)18/h2-8H,1H3,(H,19,21). The Morgan fingerprint density at radius 2 is 1.90 bits per heavy atom. The molecule has 6 heteroatoms. The molecular weight excluding hydrogens is 281 g/mol. The molecule has 0 spiro atoms. The maximum absolute atomic E-state index is 12.7. The Morgan fingerprint density at radius 3 is 2.62 bits per heavy atom. The minimum Gasteiger partial charge on any atom is -0.319 e. The first-order valence-electron chi connectivity index (χ1n) is 6.24. The van der Waals surface area contributed by atoms with Crippen molar-refractivity contribution < 1.29 is 13.2 Å². The summed E-state index contributed by atoms with van der Waals surface area (Å²) in [6.07, 6.45) is -1.05. The van der Waals surface area contributed by atoms with Gasteiger partial charge in [0.15, 0.2) is 0 Å². The molecule has 108 valence electrons. The molecule has 0 aliphatic carbocycles. The summed E-state index contributed by atoms with van der Waals surface area (Å²) in [5.41, 5.74) is 0.942. The number of hydrogen-bond donors (Lipinski definition) is 1. The molecule has 0 aliphatic rings. The largest absolute Gasteiger partial charge is 0.416 e. The van der Waals surface area contributed by atoms with E-state index in [1.54, 1.807) is 22.9 Å². The van der Waals surface area contributed by atoms with Gasteiger partial charge >= 0.3 is 6.18 Å². The second-order valence-corrected chi connectivity index (χ2v) is 4.89. The highest BCUT2D eigenvalue weighted by atomic mass is 19.4. The van der Waals surface area contributed by atoms with E-state index >= 15 is 0 Å². The normalized spacial score (nSPS) is 12.0. The molecule has 0 bridgehead atoms. The molecule has 3 aromatic rings. The van der Waals surface area contributed by atoms with Crippen LogP contribution in [0.4, 0.5) is 13.2 Å². The highest BCUT2D eigenvalue weighted by Gasteiger charge is 2.30. The number of rotatable bonds is 1. The van der Waals surface area contributed by atoms with Gasteiger partial charge in [-0.1, -0.05) is 12.1 Å². The molecule has 1 N–H and O–H groups in total. The Labute approximate surface area is 117 Å². The molecule has 0 saturated heterocycles. The van der Waals surface area contributed by atoms with Crippen molar-refractivity contribution in [3.8, 4) is 11.3 Å². The van der Waals surface area contributed by atoms with Crippen LogP contribution >= 0.6 is 0 Å². The molecule has 0 atom stereocenters. The predicted molar refractivity (Wildman–Crippen MR) is 73.2 cm³/mol. The zero-order valence-corrected chi connectivity index (χ0v) is 11.0. The van der Waals surface area contributed by atoms with E-state index in [9.17, 15) is 18.0 Å². The summed E-state index contributed by atoms with van der Waals surface area (Å²) in [5.74, 6) is 0. The highest BCUT2D eigenvalue weighted by molar-refractivity contribution is 5.62. The van der Waals surface area contributed by atoms with Crippen molar-refractivity contribution >= 4 is 5.52 Å². The maximum Gasteiger partial charge on any atom is 0.416 e. The van der Waals surface area contributed by atoms with Crippen LogP contribution in [-0.2, 0) is 6.18 Å². The Balaban J connectivity index is 2.19. The van der Waals surface area contributed by atoms with Gasteiger partial charge < -0.3 is 9.38 Å². The molecule has 0 unspecified atom stereocenters. The number of fused-ring (bicyclic) bond motifs is 1. The van der Waals surface area contributed by atoms with Crippen molar-refractivity contribution in [2.24, 2.45) is 0 Å². The zero-order chi connectivity index (χ0) is 15.2. The number of nitrogens with zero attached hydrogens (tertiary/aromatic N) is 1. The van der Waals surface area contributed by atoms with Gasteiger partial charge in [-0.15, -0.1) is 0 Å². The van der Waals surface area contributed by atoms with Crippen molar-refractivity contribution in [3.05, 3.63) is 64.2 Å². The van der Waals surface area contributed by atoms with Crippen molar-refractivity contribution in [2.45, 2.75) is 13.1 Å². The molecule has 3 nitrogen and oxygen atoms in total. The van der Waals surface area contributed by atoms with Gasteiger partial charge in [0.1, 0.15) is 5.52 Å². The van der Waals surface area contributed by atoms with Crippen LogP contribution in [0.2, 0.25) is 0 Å². The number of aryl methyl sites for hydroxylation is 1. The molecule has 0 aliphatic heterocycles. The lowest BCUT2D eigenvalue weighted by Gasteiger charge is -2.09. The molecule has 1 aromatic carbocycles. The first kappa shape index (κ1) is 13.5. The topological polar surface area (TPSA) is 37.3 Å². The van der Waals surface area contributed by atoms with Crippen LogP contribution in [0.5, 0.6) is 0 Å². The quantitative estimate of drug-likeness (QED) is 0.730. The van der Waals surface area contributed by atoms with E-state index in [-0.39, 0.29) is 5.56 Å². The molecule has 0 radical (unpaired) electrons. The van der Waals surface area contributed by atoms with Gasteiger partial charge in [-0.2, -0.15) is 13.2 Å². The summed E-state index contributed by atoms with van der Waals surface area (Å²) < 4.78 is 39.8. The fourth-order valence-corrected chi connectivity index (χ4v) is 2.27. The van der Waals surface area contributed by atoms with Gasteiger partial charge in [-0.05, 0) is 30.7 Å². The van der Waals surface area contributed by atoms with Crippen molar-refractivity contribution in [1.29, 1.82) is 0 Å². The Hall–Kier alpha value is -2.50. The fraction of sp³-hybridized carbons (Fsp3) is 0.133. The summed E-state index contributed by atoms with van der Waals surface area (Å²) in [6.45, 7) is 1.84. The third-order valence-electron chi connectivity index (χ3n) is 3.24. The van der Waals surface area contributed by atoms with Gasteiger partial charge in [-0.25, -0.2) is 0 Å². The number of H-pyrrole nitrogens is 1. The van der Waals surface area contributed by atoms with Crippen LogP contribution in [0.15, 0.2) is 47.5 Å². The maximum atomic E-state index is 12.7. The Morgan fingerprint density at radius 1 is 1.14 bits per heavy atom. The van der Waals surface area contributed by atoms with E-state index in [2.05, 4.69) is 4.98 Å². The molecule has 21 heavy (non-hydrogen) atoms. The van der Waals surface area contributed by atoms with Crippen LogP contribution in [0.1, 0.15) is 11.1 Å². The highest BCUT2D eigenvalue weighted by Crippen LogP contribution is 2.31. The number of aromatic nitrogens is 2. The lowest BCUT2D eigenvalue weighted by molar-refractivity contribution is -0.137. The van der Waals surface area contributed by atoms with Crippen molar-refractivity contribution in [2.75, 3.05) is 0 Å². The van der Waals surface area contributed by atoms with Crippen LogP contribution in [0.3, 0.4) is 0 Å². The van der Waals surface area contributed by atoms with Gasteiger partial charge in [0.05, 0.1) is 11.3 Å². The van der Waals surface area contributed by atoms with E-state index in [0.29, 0.717) is 16.8 Å². The smallest absolute Gasteiger partial charge is 0.319 e. The third-order valence-corrected chi connectivity index (χ3v) is 3.24. The van der Waals surface area contributed by atoms with Crippen molar-refractivity contribution in [1.82, 2.24) is 9.38 Å². The fourth-order valence-electron chi connectivity index (χ4n) is 2.27. The van der Waals surface area contributed by atoms with E-state index < -0.39 is 11.7 Å². The number of halogens is 3. The third kappa shape index (κ3) is 2.44. The van der Waals surface area contributed by atoms with Gasteiger partial charge in [0.25, 0.3) is 5.56 Å². The first-order valence-corrected chi connectivity index (χ1v) is 6.24. The van der Waals surface area contributed by atoms with E-state index in [1.165, 1.54) is 12.1 Å². The van der Waals surface area contributed by atoms with Crippen molar-refractivity contribution in [3.63, 3.8) is 0 Å². The second kappa shape index (κ2) is 4.51. The molecule has 3 rings (SSSR count). The number of alkyl halides is 3. The zero-order valence-electron chi connectivity index (χ0n) is 11.0. The molecule has 0 fully saturated rings. The van der Waals surface area contributed by atoms with Gasteiger partial charge in [0.2, 0.25) is 0 Å². The van der Waals surface area contributed by atoms with E-state index in [4.69, 9.17) is 0 Å². The number of benzene rings is 1. The van der Waals surface area contributed by atoms with Gasteiger partial charge in [-0.3, -0.25) is 4.79 Å². The summed E-state index contributed by atoms with van der Waals surface area (Å²) in [7, 11) is 0. The van der Waals surface area contributed by atoms with Crippen LogP contribution in [0, 0.1) is 6.92 Å². The second-order valence-electron chi connectivity index (χ2n) is 4.89. The molecule has 0 amide bonds. The lowest BCUT2D eigenvalue weighted by Crippen LogP contribution is -2.10. The molecular formula is C15H11F3N2O. The minimum absolute atomic E-state index is 0.315. The van der Waals surface area contributed by atoms with E-state index in [1.807, 2.05) is 6.92 Å². The minimum atomic E-state index is -4.41. The average Bonchev–Trinajstić information content (AvgIpc) is 2.79. The lowest BCUT2D eigenvalue weighted by atomic mass is 10.1. The average molecular weight is 292 g/mol. The number of hydrogen-bond acceptors (Lipinski definition) is 1. The van der Waals surface area contributed by atoms with E-state index in [0.717, 1.165) is 17.7 Å². The molecule has 0 saturated carbocycles. The number of nitrogens with one attached hydrogen (secondary N) is 1.